The first-order valence-corrected chi connectivity index (χ1v) is 16.5. The van der Waals surface area contributed by atoms with Gasteiger partial charge in [-0.05, 0) is 60.7 Å². The number of aryl methyl sites for hydroxylation is 2. The molecule has 0 N–H and O–H groups in total. The molecule has 0 atom stereocenters. The number of anilines is 1. The Labute approximate surface area is 272 Å². The van der Waals surface area contributed by atoms with E-state index >= 15 is 0 Å². The number of rotatable bonds is 12. The molecule has 2 heterocycles. The van der Waals surface area contributed by atoms with Gasteiger partial charge in [-0.3, -0.25) is 5.04 Å². The molecule has 0 bridgehead atoms. The van der Waals surface area contributed by atoms with Crippen molar-refractivity contribution in [3.05, 3.63) is 81.8 Å². The Morgan fingerprint density at radius 2 is 1.90 bits per heavy atom. The van der Waals surface area contributed by atoms with Crippen LogP contribution in [0.3, 0.4) is 0 Å². The number of thiazole rings is 1. The number of halogens is 1. The van der Waals surface area contributed by atoms with E-state index in [1.54, 1.807) is 0 Å². The fraction of sp³-hybridized carbons (Fsp3) is 0.344. The van der Waals surface area contributed by atoms with E-state index in [0.717, 1.165) is 49.0 Å². The van der Waals surface area contributed by atoms with Gasteiger partial charge >= 0.3 is 0 Å². The zero-order chi connectivity index (χ0) is 29.0. The number of nitrogens with zero attached hydrogens (tertiary/aromatic N) is 3. The highest BCUT2D eigenvalue weighted by Crippen LogP contribution is 2.47. The van der Waals surface area contributed by atoms with Gasteiger partial charge in [0, 0.05) is 48.2 Å². The second-order valence-corrected chi connectivity index (χ2v) is 14.4. The van der Waals surface area contributed by atoms with Crippen LogP contribution in [0.2, 0.25) is 0 Å². The van der Waals surface area contributed by atoms with Crippen molar-refractivity contribution in [2.24, 2.45) is 0 Å². The Bertz CT molecular complexity index is 1600. The van der Waals surface area contributed by atoms with Gasteiger partial charge < -0.3 is 31.6 Å². The number of aromatic nitrogens is 1. The van der Waals surface area contributed by atoms with E-state index in [1.807, 2.05) is 23.1 Å². The molecule has 3 aromatic carbocycles. The molecule has 224 valence electrons. The minimum absolute atomic E-state index is 0. The van der Waals surface area contributed by atoms with E-state index in [1.165, 1.54) is 52.7 Å². The summed E-state index contributed by atoms with van der Waals surface area (Å²) in [6, 6.07) is 19.8. The van der Waals surface area contributed by atoms with Crippen LogP contribution in [0.25, 0.3) is 27.1 Å². The van der Waals surface area contributed by atoms with Gasteiger partial charge in [0.2, 0.25) is 5.52 Å². The van der Waals surface area contributed by atoms with Crippen LogP contribution in [0, 0.1) is 6.92 Å². The molecule has 0 amide bonds. The highest BCUT2D eigenvalue weighted by molar-refractivity contribution is 8.03. The van der Waals surface area contributed by atoms with Crippen molar-refractivity contribution in [3.8, 4) is 0 Å². The third kappa shape index (κ3) is 7.98. The van der Waals surface area contributed by atoms with Crippen molar-refractivity contribution < 1.29 is 40.7 Å². The van der Waals surface area contributed by atoms with Crippen LogP contribution in [0.4, 0.5) is 5.69 Å². The third-order valence-corrected chi connectivity index (χ3v) is 9.91. The molecule has 0 saturated heterocycles. The fourth-order valence-corrected chi connectivity index (χ4v) is 7.97. The lowest BCUT2D eigenvalue weighted by atomic mass is 10.1. The molecular weight excluding hydrogens is 650 g/mol. The van der Waals surface area contributed by atoms with Crippen molar-refractivity contribution in [2.75, 3.05) is 44.9 Å². The monoisotopic (exact) mass is 687 g/mol. The smallest absolute Gasteiger partial charge is 0.263 e. The minimum Gasteiger partial charge on any atom is -1.00 e. The number of hydrogen-bond acceptors (Lipinski definition) is 7. The second kappa shape index (κ2) is 14.7. The van der Waals surface area contributed by atoms with E-state index in [4.69, 9.17) is 0 Å². The number of fused-ring (bicyclic) bond motifs is 4. The van der Waals surface area contributed by atoms with Crippen molar-refractivity contribution in [1.82, 2.24) is 0 Å². The van der Waals surface area contributed by atoms with E-state index in [0.29, 0.717) is 5.75 Å². The molecule has 4 aromatic rings. The number of allylic oxidation sites excluding steroid dienone is 2. The van der Waals surface area contributed by atoms with Crippen LogP contribution in [0.15, 0.2) is 76.2 Å². The SMILES string of the molecule is CC(=Cc1sc2ccc3ccccc3c2[n+]1CCCSOO[O-])C=C1Sc2ccc(C)cc2N1CCC[N+](C)(C)C.[Br-]. The first-order valence-electron chi connectivity index (χ1n) is 13.9. The molecule has 1 aliphatic rings. The predicted octanol–water partition coefficient (Wildman–Crippen LogP) is 3.87. The van der Waals surface area contributed by atoms with Crippen molar-refractivity contribution >= 4 is 67.9 Å². The molecule has 0 fully saturated rings. The van der Waals surface area contributed by atoms with E-state index < -0.39 is 0 Å². The first-order chi connectivity index (χ1) is 19.7. The summed E-state index contributed by atoms with van der Waals surface area (Å²) in [7, 11) is 6.77. The van der Waals surface area contributed by atoms with E-state index in [2.05, 4.69) is 121 Å². The molecule has 0 unspecified atom stereocenters. The molecule has 0 spiro atoms. The summed E-state index contributed by atoms with van der Waals surface area (Å²) in [4.78, 5) is 3.83. The maximum atomic E-state index is 10.2. The topological polar surface area (TPSA) is 48.6 Å². The van der Waals surface area contributed by atoms with Gasteiger partial charge in [0.15, 0.2) is 6.54 Å². The summed E-state index contributed by atoms with van der Waals surface area (Å²) < 4.78 is 9.15. The number of benzene rings is 3. The number of quaternary nitrogens is 1. The number of thioether (sulfide) groups is 1. The summed E-state index contributed by atoms with van der Waals surface area (Å²) in [5, 5.41) is 18.7. The summed E-state index contributed by atoms with van der Waals surface area (Å²) >= 11 is 4.74. The van der Waals surface area contributed by atoms with Crippen LogP contribution in [-0.2, 0) is 15.9 Å². The Morgan fingerprint density at radius 1 is 1.10 bits per heavy atom. The second-order valence-electron chi connectivity index (χ2n) is 11.5. The lowest BCUT2D eigenvalue weighted by Gasteiger charge is -2.26. The van der Waals surface area contributed by atoms with Gasteiger partial charge in [-0.2, -0.15) is 8.90 Å². The van der Waals surface area contributed by atoms with Gasteiger partial charge in [0.1, 0.15) is 4.70 Å². The lowest BCUT2D eigenvalue weighted by molar-refractivity contribution is -0.870. The maximum absolute atomic E-state index is 10.2. The average Bonchev–Trinajstić information content (AvgIpc) is 3.45. The summed E-state index contributed by atoms with van der Waals surface area (Å²) in [5.41, 5.74) is 5.08. The summed E-state index contributed by atoms with van der Waals surface area (Å²) in [5.74, 6) is 0.667. The molecule has 10 heteroatoms. The normalized spacial score (nSPS) is 14.7. The van der Waals surface area contributed by atoms with Crippen molar-refractivity contribution in [3.63, 3.8) is 0 Å². The van der Waals surface area contributed by atoms with E-state index in [9.17, 15) is 5.26 Å². The van der Waals surface area contributed by atoms with Crippen LogP contribution in [0.1, 0.15) is 30.3 Å². The van der Waals surface area contributed by atoms with Crippen LogP contribution in [0.5, 0.6) is 0 Å². The molecule has 1 aliphatic heterocycles. The van der Waals surface area contributed by atoms with Crippen LogP contribution >= 0.6 is 35.1 Å². The van der Waals surface area contributed by atoms with Crippen LogP contribution < -0.4 is 31.7 Å². The number of hydrogen-bond donors (Lipinski definition) is 0. The summed E-state index contributed by atoms with van der Waals surface area (Å²) in [6.45, 7) is 7.32. The predicted molar refractivity (Wildman–Crippen MR) is 172 cm³/mol. The molecule has 0 aliphatic carbocycles. The van der Waals surface area contributed by atoms with Gasteiger partial charge in [0.25, 0.3) is 5.01 Å². The molecule has 6 nitrogen and oxygen atoms in total. The van der Waals surface area contributed by atoms with Crippen molar-refractivity contribution in [1.29, 1.82) is 0 Å². The van der Waals surface area contributed by atoms with Gasteiger partial charge in [-0.1, -0.05) is 53.4 Å². The Kier molecular flexibility index (Phi) is 11.6. The van der Waals surface area contributed by atoms with Gasteiger partial charge in [-0.25, -0.2) is 0 Å². The largest absolute Gasteiger partial charge is 1.00 e. The Morgan fingerprint density at radius 3 is 2.69 bits per heavy atom. The van der Waals surface area contributed by atoms with Gasteiger partial charge in [-0.15, -0.1) is 0 Å². The molecule has 1 aromatic heterocycles. The maximum Gasteiger partial charge on any atom is 0.263 e. The highest BCUT2D eigenvalue weighted by atomic mass is 79.9. The standard InChI is InChI=1S/C32H38N3O3S3.BrH/c1-23-12-14-28-27(20-23)33(16-8-18-35(3,4)5)30(40-28)21-24(2)22-31-34(17-9-19-39-38-37-36)32-26-11-7-6-10-25(26)13-15-29(32)41-31;/h6-7,10-15,20-22H,8-9,16-19H2,1-5H3;1H/q+1;/p-1. The molecule has 0 saturated carbocycles. The zero-order valence-corrected chi connectivity index (χ0v) is 28.8. The molecule has 5 rings (SSSR count). The van der Waals surface area contributed by atoms with Gasteiger partial charge in [0.05, 0.1) is 43.8 Å². The first kappa shape index (κ1) is 33.0. The quantitative estimate of drug-likeness (QED) is 0.0563. The molecule has 0 radical (unpaired) electrons. The van der Waals surface area contributed by atoms with E-state index in [-0.39, 0.29) is 17.0 Å². The third-order valence-electron chi connectivity index (χ3n) is 7.10. The highest BCUT2D eigenvalue weighted by Gasteiger charge is 2.26. The Hall–Kier alpha value is -1.89. The average molecular weight is 689 g/mol. The molecular formula is C32H38BrN3O3S3. The lowest BCUT2D eigenvalue weighted by Crippen LogP contribution is -3.00. The fourth-order valence-electron chi connectivity index (χ4n) is 5.22. The Balaban J connectivity index is 0.00000405. The van der Waals surface area contributed by atoms with Crippen molar-refractivity contribution in [2.45, 2.75) is 38.1 Å². The molecule has 42 heavy (non-hydrogen) atoms. The van der Waals surface area contributed by atoms with Crippen LogP contribution in [-0.4, -0.2) is 44.5 Å². The minimum atomic E-state index is 0. The zero-order valence-electron chi connectivity index (χ0n) is 24.8. The summed E-state index contributed by atoms with van der Waals surface area (Å²) in [6.07, 6.45) is 6.63.